The van der Waals surface area contributed by atoms with E-state index < -0.39 is 0 Å². The SMILES string of the molecule is CC(=O)N[C@H]1CC2(CCN(C3CCC[C@@H](C)C3)CC2)c2ccccc21.[HH]. The van der Waals surface area contributed by atoms with Gasteiger partial charge in [0, 0.05) is 19.8 Å². The lowest BCUT2D eigenvalue weighted by molar-refractivity contribution is -0.119. The number of carbonyl (C=O) groups excluding carboxylic acids is 1. The number of piperidine rings is 1. The van der Waals surface area contributed by atoms with E-state index in [0.29, 0.717) is 0 Å². The molecule has 3 aliphatic rings. The molecule has 1 N–H and O–H groups in total. The van der Waals surface area contributed by atoms with Crippen LogP contribution in [0.1, 0.15) is 77.4 Å². The molecule has 1 amide bonds. The molecule has 4 rings (SSSR count). The molecular weight excluding hydrogens is 308 g/mol. The predicted octanol–water partition coefficient (Wildman–Crippen LogP) is 4.43. The zero-order valence-corrected chi connectivity index (χ0v) is 15.8. The molecule has 1 unspecified atom stereocenters. The first-order valence-corrected chi connectivity index (χ1v) is 10.2. The number of rotatable bonds is 2. The summed E-state index contributed by atoms with van der Waals surface area (Å²) >= 11 is 0. The van der Waals surface area contributed by atoms with Crippen molar-refractivity contribution in [1.29, 1.82) is 0 Å². The van der Waals surface area contributed by atoms with Crippen LogP contribution >= 0.6 is 0 Å². The zero-order chi connectivity index (χ0) is 17.4. The van der Waals surface area contributed by atoms with E-state index in [1.807, 2.05) is 0 Å². The number of nitrogens with one attached hydrogen (secondary N) is 1. The summed E-state index contributed by atoms with van der Waals surface area (Å²) in [5.74, 6) is 0.983. The molecule has 1 saturated carbocycles. The van der Waals surface area contributed by atoms with Crippen LogP contribution < -0.4 is 5.32 Å². The summed E-state index contributed by atoms with van der Waals surface area (Å²) in [4.78, 5) is 14.4. The van der Waals surface area contributed by atoms with Gasteiger partial charge in [0.25, 0.3) is 0 Å². The van der Waals surface area contributed by atoms with E-state index >= 15 is 0 Å². The lowest BCUT2D eigenvalue weighted by Gasteiger charge is -2.45. The first kappa shape index (κ1) is 17.1. The molecule has 0 aromatic heterocycles. The van der Waals surface area contributed by atoms with E-state index in [2.05, 4.69) is 41.4 Å². The van der Waals surface area contributed by atoms with E-state index in [4.69, 9.17) is 0 Å². The Labute approximate surface area is 153 Å². The highest BCUT2D eigenvalue weighted by molar-refractivity contribution is 5.73. The summed E-state index contributed by atoms with van der Waals surface area (Å²) < 4.78 is 0. The van der Waals surface area contributed by atoms with Gasteiger partial charge in [0.05, 0.1) is 6.04 Å². The number of fused-ring (bicyclic) bond motifs is 2. The summed E-state index contributed by atoms with van der Waals surface area (Å²) in [6.45, 7) is 6.50. The van der Waals surface area contributed by atoms with Gasteiger partial charge in [-0.15, -0.1) is 0 Å². The number of hydrogen-bond acceptors (Lipinski definition) is 2. The third-order valence-electron chi connectivity index (χ3n) is 7.06. The third-order valence-corrected chi connectivity index (χ3v) is 7.06. The first-order chi connectivity index (χ1) is 12.1. The fourth-order valence-electron chi connectivity index (χ4n) is 5.79. The minimum absolute atomic E-state index is 0. The standard InChI is InChI=1S/C22H32N2O.H2/c1-16-6-5-7-18(14-16)24-12-10-22(11-13-24)15-21(23-17(2)25)19-8-3-4-9-20(19)22;/h3-4,8-9,16,18,21H,5-7,10-15H2,1-2H3,(H,23,25);1H/t16-,18?,21+;/m1./s1. The normalized spacial score (nSPS) is 31.7. The van der Waals surface area contributed by atoms with Crippen LogP contribution in [0.5, 0.6) is 0 Å². The van der Waals surface area contributed by atoms with Crippen molar-refractivity contribution in [3.05, 3.63) is 35.4 Å². The van der Waals surface area contributed by atoms with E-state index in [9.17, 15) is 4.79 Å². The lowest BCUT2D eigenvalue weighted by atomic mass is 9.73. The molecule has 1 spiro atoms. The van der Waals surface area contributed by atoms with Crippen molar-refractivity contribution in [2.45, 2.75) is 76.3 Å². The van der Waals surface area contributed by atoms with Gasteiger partial charge in [0.15, 0.2) is 0 Å². The van der Waals surface area contributed by atoms with Crippen LogP contribution in [0.4, 0.5) is 0 Å². The van der Waals surface area contributed by atoms with Crippen LogP contribution in [0, 0.1) is 5.92 Å². The second-order valence-corrected chi connectivity index (χ2v) is 8.79. The fourth-order valence-corrected chi connectivity index (χ4v) is 5.79. The van der Waals surface area contributed by atoms with Gasteiger partial charge in [-0.05, 0) is 62.2 Å². The Morgan fingerprint density at radius 1 is 1.24 bits per heavy atom. The molecule has 1 aliphatic heterocycles. The number of amides is 1. The highest BCUT2D eigenvalue weighted by Gasteiger charge is 2.46. The number of hydrogen-bond donors (Lipinski definition) is 1. The van der Waals surface area contributed by atoms with Crippen molar-refractivity contribution in [3.8, 4) is 0 Å². The minimum atomic E-state index is 0. The van der Waals surface area contributed by atoms with Gasteiger partial charge in [-0.2, -0.15) is 0 Å². The smallest absolute Gasteiger partial charge is 0.217 e. The maximum absolute atomic E-state index is 11.7. The third kappa shape index (κ3) is 3.23. The largest absolute Gasteiger partial charge is 0.349 e. The van der Waals surface area contributed by atoms with Crippen LogP contribution in [-0.2, 0) is 10.2 Å². The summed E-state index contributed by atoms with van der Waals surface area (Å²) in [5.41, 5.74) is 3.14. The Kier molecular flexibility index (Phi) is 4.61. The molecule has 1 aromatic carbocycles. The van der Waals surface area contributed by atoms with Crippen LogP contribution in [0.3, 0.4) is 0 Å². The molecule has 0 bridgehead atoms. The maximum Gasteiger partial charge on any atom is 0.217 e. The number of carbonyl (C=O) groups is 1. The van der Waals surface area contributed by atoms with Crippen LogP contribution in [-0.4, -0.2) is 29.9 Å². The molecular formula is C22H34N2O. The summed E-state index contributed by atoms with van der Waals surface area (Å²) in [6, 6.07) is 9.84. The summed E-state index contributed by atoms with van der Waals surface area (Å²) in [7, 11) is 0. The molecule has 2 fully saturated rings. The zero-order valence-electron chi connectivity index (χ0n) is 15.8. The Hall–Kier alpha value is -1.35. The Morgan fingerprint density at radius 2 is 2.00 bits per heavy atom. The number of nitrogens with zero attached hydrogens (tertiary/aromatic N) is 1. The van der Waals surface area contributed by atoms with Crippen molar-refractivity contribution in [2.24, 2.45) is 5.92 Å². The van der Waals surface area contributed by atoms with E-state index in [1.54, 1.807) is 6.92 Å². The Morgan fingerprint density at radius 3 is 2.72 bits per heavy atom. The van der Waals surface area contributed by atoms with Gasteiger partial charge in [-0.3, -0.25) is 4.79 Å². The highest BCUT2D eigenvalue weighted by atomic mass is 16.1. The highest BCUT2D eigenvalue weighted by Crippen LogP contribution is 2.51. The summed E-state index contributed by atoms with van der Waals surface area (Å²) in [5, 5.41) is 3.20. The monoisotopic (exact) mass is 342 g/mol. The second-order valence-electron chi connectivity index (χ2n) is 8.79. The Balaban J connectivity index is 0.00000196. The van der Waals surface area contributed by atoms with Crippen LogP contribution in [0.2, 0.25) is 0 Å². The average Bonchev–Trinajstić information content (AvgIpc) is 2.89. The minimum Gasteiger partial charge on any atom is -0.349 e. The molecule has 3 heteroatoms. The number of likely N-dealkylation sites (tertiary alicyclic amines) is 1. The van der Waals surface area contributed by atoms with Crippen LogP contribution in [0.25, 0.3) is 0 Å². The molecule has 0 radical (unpaired) electrons. The van der Waals surface area contributed by atoms with Gasteiger partial charge in [0.1, 0.15) is 0 Å². The van der Waals surface area contributed by atoms with Gasteiger partial charge in [0.2, 0.25) is 5.91 Å². The molecule has 2 aliphatic carbocycles. The molecule has 3 atom stereocenters. The van der Waals surface area contributed by atoms with Crippen molar-refractivity contribution >= 4 is 5.91 Å². The van der Waals surface area contributed by atoms with E-state index in [-0.39, 0.29) is 18.8 Å². The van der Waals surface area contributed by atoms with E-state index in [0.717, 1.165) is 18.4 Å². The van der Waals surface area contributed by atoms with Crippen molar-refractivity contribution in [2.75, 3.05) is 13.1 Å². The topological polar surface area (TPSA) is 32.3 Å². The average molecular weight is 343 g/mol. The molecule has 1 saturated heterocycles. The van der Waals surface area contributed by atoms with Gasteiger partial charge < -0.3 is 10.2 Å². The van der Waals surface area contributed by atoms with Crippen LogP contribution in [0.15, 0.2) is 24.3 Å². The maximum atomic E-state index is 11.7. The number of benzene rings is 1. The predicted molar refractivity (Wildman–Crippen MR) is 104 cm³/mol. The summed E-state index contributed by atoms with van der Waals surface area (Å²) in [6.07, 6.45) is 9.16. The Bertz CT molecular complexity index is 639. The molecule has 25 heavy (non-hydrogen) atoms. The molecule has 1 heterocycles. The second kappa shape index (κ2) is 6.75. The quantitative estimate of drug-likeness (QED) is 0.862. The van der Waals surface area contributed by atoms with Crippen molar-refractivity contribution in [1.82, 2.24) is 10.2 Å². The molecule has 1 aromatic rings. The first-order valence-electron chi connectivity index (χ1n) is 10.2. The van der Waals surface area contributed by atoms with Gasteiger partial charge in [-0.1, -0.05) is 44.0 Å². The molecule has 138 valence electrons. The van der Waals surface area contributed by atoms with Crippen molar-refractivity contribution in [3.63, 3.8) is 0 Å². The van der Waals surface area contributed by atoms with E-state index in [1.165, 1.54) is 62.7 Å². The van der Waals surface area contributed by atoms with Crippen molar-refractivity contribution < 1.29 is 6.22 Å². The lowest BCUT2D eigenvalue weighted by Crippen LogP contribution is -2.47. The van der Waals surface area contributed by atoms with Gasteiger partial charge >= 0.3 is 0 Å². The fraction of sp³-hybridized carbons (Fsp3) is 0.682. The molecule has 3 nitrogen and oxygen atoms in total. The van der Waals surface area contributed by atoms with Gasteiger partial charge in [-0.25, -0.2) is 0 Å².